The number of nitrogens with one attached hydrogen (secondary N) is 2. The Balaban J connectivity index is 1.57. The summed E-state index contributed by atoms with van der Waals surface area (Å²) in [5.41, 5.74) is 4.08. The van der Waals surface area contributed by atoms with Crippen molar-refractivity contribution in [1.29, 1.82) is 0 Å². The van der Waals surface area contributed by atoms with Gasteiger partial charge in [-0.2, -0.15) is 5.10 Å². The number of ether oxygens (including phenoxy) is 1. The molecular weight excluding hydrogens is 461 g/mol. The molecule has 0 heterocycles. The van der Waals surface area contributed by atoms with Gasteiger partial charge >= 0.3 is 11.8 Å². The Labute approximate surface area is 193 Å². The number of rotatable bonds is 6. The van der Waals surface area contributed by atoms with Crippen molar-refractivity contribution in [3.8, 4) is 5.75 Å². The van der Waals surface area contributed by atoms with Gasteiger partial charge in [-0.15, -0.1) is 0 Å². The van der Waals surface area contributed by atoms with E-state index in [1.54, 1.807) is 30.3 Å². The molecule has 2 amide bonds. The van der Waals surface area contributed by atoms with E-state index in [9.17, 15) is 9.59 Å². The molecule has 31 heavy (non-hydrogen) atoms. The zero-order valence-corrected chi connectivity index (χ0v) is 18.2. The third-order valence-electron chi connectivity index (χ3n) is 3.98. The van der Waals surface area contributed by atoms with Gasteiger partial charge < -0.3 is 10.1 Å². The normalized spacial score (nSPS) is 10.7. The lowest BCUT2D eigenvalue weighted by molar-refractivity contribution is -0.136. The molecule has 0 aliphatic carbocycles. The van der Waals surface area contributed by atoms with Gasteiger partial charge in [-0.3, -0.25) is 9.59 Å². The van der Waals surface area contributed by atoms with Crippen LogP contribution in [0.25, 0.3) is 0 Å². The van der Waals surface area contributed by atoms with Crippen molar-refractivity contribution >= 4 is 58.5 Å². The lowest BCUT2D eigenvalue weighted by Gasteiger charge is -2.09. The number of carbonyl (C=O) groups is 2. The van der Waals surface area contributed by atoms with Crippen molar-refractivity contribution in [2.24, 2.45) is 5.10 Å². The number of nitrogens with zero attached hydrogens (tertiary/aromatic N) is 1. The van der Waals surface area contributed by atoms with E-state index in [1.165, 1.54) is 24.4 Å². The van der Waals surface area contributed by atoms with Crippen LogP contribution in [-0.2, 0) is 16.2 Å². The standard InChI is InChI=1S/C22H16Cl3N3O3/c23-16-7-5-14(6-8-16)13-31-20-4-2-1-3-15(20)12-26-28-22(30)21(29)27-17-9-10-18(24)19(25)11-17/h1-12H,13H2,(H,27,29)(H,28,30)/b26-12-. The average molecular weight is 477 g/mol. The van der Waals surface area contributed by atoms with Crippen molar-refractivity contribution < 1.29 is 14.3 Å². The number of amides is 2. The lowest BCUT2D eigenvalue weighted by Crippen LogP contribution is -2.32. The molecule has 0 saturated heterocycles. The number of para-hydroxylation sites is 1. The summed E-state index contributed by atoms with van der Waals surface area (Å²) in [6.07, 6.45) is 1.39. The topological polar surface area (TPSA) is 79.8 Å². The number of anilines is 1. The van der Waals surface area contributed by atoms with E-state index in [0.717, 1.165) is 5.56 Å². The van der Waals surface area contributed by atoms with Gasteiger partial charge in [0.2, 0.25) is 0 Å². The number of hydrogen-bond acceptors (Lipinski definition) is 4. The molecule has 2 N–H and O–H groups in total. The molecule has 3 rings (SSSR count). The molecule has 3 aromatic rings. The molecule has 158 valence electrons. The van der Waals surface area contributed by atoms with E-state index >= 15 is 0 Å². The first-order valence-corrected chi connectivity index (χ1v) is 10.1. The van der Waals surface area contributed by atoms with Crippen LogP contribution >= 0.6 is 34.8 Å². The number of benzene rings is 3. The predicted molar refractivity (Wildman–Crippen MR) is 123 cm³/mol. The Morgan fingerprint density at radius 2 is 1.65 bits per heavy atom. The van der Waals surface area contributed by atoms with E-state index in [0.29, 0.717) is 33.7 Å². The molecule has 0 aromatic heterocycles. The number of halogens is 3. The maximum Gasteiger partial charge on any atom is 0.329 e. The second-order valence-corrected chi connectivity index (χ2v) is 7.49. The van der Waals surface area contributed by atoms with Crippen LogP contribution in [0.2, 0.25) is 15.1 Å². The van der Waals surface area contributed by atoms with E-state index in [4.69, 9.17) is 39.5 Å². The van der Waals surface area contributed by atoms with Gasteiger partial charge in [0.1, 0.15) is 12.4 Å². The Kier molecular flexibility index (Phi) is 7.89. The molecule has 0 saturated carbocycles. The summed E-state index contributed by atoms with van der Waals surface area (Å²) in [5, 5.41) is 7.49. The van der Waals surface area contributed by atoms with Crippen LogP contribution in [0.15, 0.2) is 71.8 Å². The zero-order chi connectivity index (χ0) is 22.2. The van der Waals surface area contributed by atoms with Crippen LogP contribution in [0.5, 0.6) is 5.75 Å². The van der Waals surface area contributed by atoms with E-state index < -0.39 is 11.8 Å². The molecule has 9 heteroatoms. The minimum atomic E-state index is -0.943. The second-order valence-electron chi connectivity index (χ2n) is 6.24. The van der Waals surface area contributed by atoms with Crippen molar-refractivity contribution in [2.45, 2.75) is 6.61 Å². The van der Waals surface area contributed by atoms with Gasteiger partial charge in [0.05, 0.1) is 16.3 Å². The molecule has 0 fully saturated rings. The molecule has 0 bridgehead atoms. The van der Waals surface area contributed by atoms with E-state index in [1.807, 2.05) is 18.2 Å². The Bertz CT molecular complexity index is 1120. The Hall–Kier alpha value is -3.06. The van der Waals surface area contributed by atoms with Gasteiger partial charge in [0.15, 0.2) is 0 Å². The Morgan fingerprint density at radius 3 is 2.39 bits per heavy atom. The van der Waals surface area contributed by atoms with E-state index in [-0.39, 0.29) is 5.02 Å². The minimum absolute atomic E-state index is 0.258. The summed E-state index contributed by atoms with van der Waals surface area (Å²) in [4.78, 5) is 24.0. The molecule has 0 atom stereocenters. The molecule has 0 radical (unpaired) electrons. The fourth-order valence-electron chi connectivity index (χ4n) is 2.43. The highest BCUT2D eigenvalue weighted by atomic mass is 35.5. The van der Waals surface area contributed by atoms with Gasteiger partial charge in [-0.25, -0.2) is 5.43 Å². The van der Waals surface area contributed by atoms with Crippen LogP contribution in [0.3, 0.4) is 0 Å². The van der Waals surface area contributed by atoms with Crippen molar-refractivity contribution in [1.82, 2.24) is 5.43 Å². The van der Waals surface area contributed by atoms with Gasteiger partial charge in [0, 0.05) is 16.3 Å². The molecular formula is C22H16Cl3N3O3. The van der Waals surface area contributed by atoms with Crippen molar-refractivity contribution in [3.63, 3.8) is 0 Å². The summed E-state index contributed by atoms with van der Waals surface area (Å²) < 4.78 is 5.82. The monoisotopic (exact) mass is 475 g/mol. The highest BCUT2D eigenvalue weighted by Gasteiger charge is 2.13. The maximum atomic E-state index is 12.0. The molecule has 3 aromatic carbocycles. The fourth-order valence-corrected chi connectivity index (χ4v) is 2.86. The SMILES string of the molecule is O=C(N/N=C\c1ccccc1OCc1ccc(Cl)cc1)C(=O)Nc1ccc(Cl)c(Cl)c1. The molecule has 0 aliphatic rings. The largest absolute Gasteiger partial charge is 0.488 e. The maximum absolute atomic E-state index is 12.0. The lowest BCUT2D eigenvalue weighted by atomic mass is 10.2. The van der Waals surface area contributed by atoms with Crippen molar-refractivity contribution in [3.05, 3.63) is 92.9 Å². The fraction of sp³-hybridized carbons (Fsp3) is 0.0455. The minimum Gasteiger partial charge on any atom is -0.488 e. The molecule has 0 aliphatic heterocycles. The number of hydrogen-bond donors (Lipinski definition) is 2. The first kappa shape index (κ1) is 22.6. The summed E-state index contributed by atoms with van der Waals surface area (Å²) in [6.45, 7) is 0.334. The van der Waals surface area contributed by atoms with Crippen molar-refractivity contribution in [2.75, 3.05) is 5.32 Å². The number of hydrazone groups is 1. The highest BCUT2D eigenvalue weighted by Crippen LogP contribution is 2.25. The summed E-state index contributed by atoms with van der Waals surface area (Å²) in [6, 6.07) is 18.9. The van der Waals surface area contributed by atoms with Gasteiger partial charge in [-0.1, -0.05) is 59.1 Å². The van der Waals surface area contributed by atoms with Crippen LogP contribution in [0.1, 0.15) is 11.1 Å². The average Bonchev–Trinajstić information content (AvgIpc) is 2.76. The molecule has 6 nitrogen and oxygen atoms in total. The summed E-state index contributed by atoms with van der Waals surface area (Å²) >= 11 is 17.6. The van der Waals surface area contributed by atoms with Gasteiger partial charge in [0.25, 0.3) is 0 Å². The van der Waals surface area contributed by atoms with Gasteiger partial charge in [-0.05, 0) is 48.0 Å². The van der Waals surface area contributed by atoms with E-state index in [2.05, 4.69) is 15.8 Å². The second kappa shape index (κ2) is 10.8. The summed E-state index contributed by atoms with van der Waals surface area (Å²) in [5.74, 6) is -1.28. The smallest absolute Gasteiger partial charge is 0.329 e. The quantitative estimate of drug-likeness (QED) is 0.287. The third-order valence-corrected chi connectivity index (χ3v) is 4.97. The third kappa shape index (κ3) is 6.72. The highest BCUT2D eigenvalue weighted by molar-refractivity contribution is 6.43. The first-order valence-electron chi connectivity index (χ1n) is 8.98. The molecule has 0 spiro atoms. The zero-order valence-electron chi connectivity index (χ0n) is 15.9. The van der Waals surface area contributed by atoms with Crippen LogP contribution in [-0.4, -0.2) is 18.0 Å². The predicted octanol–water partition coefficient (Wildman–Crippen LogP) is 5.31. The molecule has 0 unspecified atom stereocenters. The first-order chi connectivity index (χ1) is 14.9. The number of carbonyl (C=O) groups excluding carboxylic acids is 2. The van der Waals surface area contributed by atoms with Crippen LogP contribution < -0.4 is 15.5 Å². The van der Waals surface area contributed by atoms with Crippen LogP contribution in [0, 0.1) is 0 Å². The Morgan fingerprint density at radius 1 is 0.903 bits per heavy atom. The summed E-state index contributed by atoms with van der Waals surface area (Å²) in [7, 11) is 0. The van der Waals surface area contributed by atoms with Crippen LogP contribution in [0.4, 0.5) is 5.69 Å².